The minimum atomic E-state index is 0.751. The van der Waals surface area contributed by atoms with Gasteiger partial charge in [0.2, 0.25) is 0 Å². The summed E-state index contributed by atoms with van der Waals surface area (Å²) in [6.07, 6.45) is 6.66. The number of hydrogen-bond donors (Lipinski definition) is 1. The van der Waals surface area contributed by atoms with Gasteiger partial charge in [-0.1, -0.05) is 24.6 Å². The van der Waals surface area contributed by atoms with Gasteiger partial charge >= 0.3 is 0 Å². The maximum atomic E-state index is 6.24. The molecule has 0 heterocycles. The molecule has 0 unspecified atom stereocenters. The molecule has 0 radical (unpaired) electrons. The second kappa shape index (κ2) is 6.36. The van der Waals surface area contributed by atoms with Crippen LogP contribution >= 0.6 is 11.6 Å². The number of rotatable bonds is 8. The second-order valence-corrected chi connectivity index (χ2v) is 6.75. The third kappa shape index (κ3) is 3.89. The topological polar surface area (TPSA) is 15.3 Å². The first-order chi connectivity index (χ1) is 9.76. The van der Waals surface area contributed by atoms with Crippen molar-refractivity contribution in [1.82, 2.24) is 5.32 Å². The van der Waals surface area contributed by atoms with Crippen LogP contribution in [0.5, 0.6) is 0 Å². The van der Waals surface area contributed by atoms with Crippen molar-refractivity contribution in [2.45, 2.75) is 51.6 Å². The molecule has 2 saturated carbocycles. The van der Waals surface area contributed by atoms with E-state index in [1.165, 1.54) is 49.9 Å². The van der Waals surface area contributed by atoms with Gasteiger partial charge in [0.05, 0.1) is 0 Å². The lowest BCUT2D eigenvalue weighted by Gasteiger charge is -2.27. The van der Waals surface area contributed by atoms with Crippen LogP contribution in [0.1, 0.15) is 44.6 Å². The molecule has 2 fully saturated rings. The molecule has 0 aliphatic heterocycles. The van der Waals surface area contributed by atoms with E-state index in [0.29, 0.717) is 0 Å². The quantitative estimate of drug-likeness (QED) is 0.772. The molecule has 0 saturated heterocycles. The van der Waals surface area contributed by atoms with E-state index in [1.54, 1.807) is 0 Å². The molecule has 0 atom stereocenters. The van der Waals surface area contributed by atoms with E-state index in [2.05, 4.69) is 29.3 Å². The van der Waals surface area contributed by atoms with Crippen molar-refractivity contribution in [2.24, 2.45) is 5.92 Å². The average molecular weight is 293 g/mol. The maximum absolute atomic E-state index is 6.24. The lowest BCUT2D eigenvalue weighted by atomic mass is 10.1. The first-order valence-electron chi connectivity index (χ1n) is 8.03. The van der Waals surface area contributed by atoms with E-state index in [9.17, 15) is 0 Å². The van der Waals surface area contributed by atoms with Crippen molar-refractivity contribution < 1.29 is 0 Å². The molecule has 110 valence electrons. The van der Waals surface area contributed by atoms with Gasteiger partial charge in [-0.25, -0.2) is 0 Å². The number of halogens is 1. The van der Waals surface area contributed by atoms with Crippen LogP contribution in [0.25, 0.3) is 0 Å². The molecule has 3 rings (SSSR count). The number of benzene rings is 1. The van der Waals surface area contributed by atoms with Gasteiger partial charge in [0.1, 0.15) is 0 Å². The van der Waals surface area contributed by atoms with Crippen molar-refractivity contribution >= 4 is 17.3 Å². The Morgan fingerprint density at radius 3 is 2.70 bits per heavy atom. The van der Waals surface area contributed by atoms with Gasteiger partial charge in [-0.2, -0.15) is 0 Å². The summed E-state index contributed by atoms with van der Waals surface area (Å²) in [7, 11) is 0. The van der Waals surface area contributed by atoms with E-state index in [4.69, 9.17) is 11.6 Å². The minimum absolute atomic E-state index is 0.751. The van der Waals surface area contributed by atoms with Crippen molar-refractivity contribution in [3.05, 3.63) is 28.8 Å². The fourth-order valence-electron chi connectivity index (χ4n) is 2.71. The standard InChI is InChI=1S/C17H25ClN2/c1-2-9-20(12-13-3-4-13)17-10-15(18)6-5-14(17)11-19-16-7-8-16/h5-6,10,13,16,19H,2-4,7-9,11-12H2,1H3. The summed E-state index contributed by atoms with van der Waals surface area (Å²) in [4.78, 5) is 2.55. The summed E-state index contributed by atoms with van der Waals surface area (Å²) in [6, 6.07) is 7.13. The van der Waals surface area contributed by atoms with Crippen LogP contribution in [0.2, 0.25) is 5.02 Å². The molecule has 1 N–H and O–H groups in total. The van der Waals surface area contributed by atoms with E-state index >= 15 is 0 Å². The Balaban J connectivity index is 1.76. The van der Waals surface area contributed by atoms with Gasteiger partial charge in [0.15, 0.2) is 0 Å². The summed E-state index contributed by atoms with van der Waals surface area (Å²) in [5.74, 6) is 0.907. The predicted octanol–water partition coefficient (Wildman–Crippen LogP) is 4.22. The molecular formula is C17H25ClN2. The lowest BCUT2D eigenvalue weighted by molar-refractivity contribution is 0.671. The van der Waals surface area contributed by atoms with Crippen LogP contribution in [-0.4, -0.2) is 19.1 Å². The highest BCUT2D eigenvalue weighted by atomic mass is 35.5. The normalized spacial score (nSPS) is 18.3. The summed E-state index contributed by atoms with van der Waals surface area (Å²) in [6.45, 7) is 5.56. The second-order valence-electron chi connectivity index (χ2n) is 6.32. The van der Waals surface area contributed by atoms with Crippen LogP contribution in [-0.2, 0) is 6.54 Å². The fourth-order valence-corrected chi connectivity index (χ4v) is 2.88. The first-order valence-corrected chi connectivity index (χ1v) is 8.41. The minimum Gasteiger partial charge on any atom is -0.371 e. The number of anilines is 1. The summed E-state index contributed by atoms with van der Waals surface area (Å²) in [5, 5.41) is 4.48. The summed E-state index contributed by atoms with van der Waals surface area (Å²) >= 11 is 6.24. The molecule has 2 aliphatic rings. The number of hydrogen-bond acceptors (Lipinski definition) is 2. The third-order valence-corrected chi connectivity index (χ3v) is 4.45. The monoisotopic (exact) mass is 292 g/mol. The van der Waals surface area contributed by atoms with E-state index < -0.39 is 0 Å². The maximum Gasteiger partial charge on any atom is 0.0426 e. The molecule has 0 bridgehead atoms. The van der Waals surface area contributed by atoms with Gasteiger partial charge in [-0.3, -0.25) is 0 Å². The van der Waals surface area contributed by atoms with Crippen LogP contribution in [0.15, 0.2) is 18.2 Å². The highest BCUT2D eigenvalue weighted by Gasteiger charge is 2.26. The fraction of sp³-hybridized carbons (Fsp3) is 0.647. The van der Waals surface area contributed by atoms with Crippen molar-refractivity contribution in [2.75, 3.05) is 18.0 Å². The zero-order chi connectivity index (χ0) is 13.9. The van der Waals surface area contributed by atoms with Gasteiger partial charge < -0.3 is 10.2 Å². The Hall–Kier alpha value is -0.730. The van der Waals surface area contributed by atoms with E-state index in [1.807, 2.05) is 6.07 Å². The Kier molecular flexibility index (Phi) is 4.52. The summed E-state index contributed by atoms with van der Waals surface area (Å²) in [5.41, 5.74) is 2.75. The highest BCUT2D eigenvalue weighted by Crippen LogP contribution is 2.34. The Labute approximate surface area is 127 Å². The van der Waals surface area contributed by atoms with Gasteiger partial charge in [0, 0.05) is 36.4 Å². The van der Waals surface area contributed by atoms with Gasteiger partial charge in [-0.05, 0) is 55.7 Å². The van der Waals surface area contributed by atoms with E-state index in [0.717, 1.165) is 30.1 Å². The molecule has 3 heteroatoms. The first kappa shape index (κ1) is 14.2. The molecule has 1 aromatic rings. The zero-order valence-electron chi connectivity index (χ0n) is 12.4. The summed E-state index contributed by atoms with van der Waals surface area (Å²) < 4.78 is 0. The van der Waals surface area contributed by atoms with Gasteiger partial charge in [-0.15, -0.1) is 0 Å². The Morgan fingerprint density at radius 1 is 1.25 bits per heavy atom. The van der Waals surface area contributed by atoms with Crippen molar-refractivity contribution in [3.8, 4) is 0 Å². The van der Waals surface area contributed by atoms with Crippen LogP contribution < -0.4 is 10.2 Å². The zero-order valence-corrected chi connectivity index (χ0v) is 13.1. The van der Waals surface area contributed by atoms with Crippen LogP contribution in [0.3, 0.4) is 0 Å². The molecule has 20 heavy (non-hydrogen) atoms. The SMILES string of the molecule is CCCN(CC1CC1)c1cc(Cl)ccc1CNC1CC1. The molecule has 1 aromatic carbocycles. The smallest absolute Gasteiger partial charge is 0.0426 e. The molecule has 0 aromatic heterocycles. The van der Waals surface area contributed by atoms with Gasteiger partial charge in [0.25, 0.3) is 0 Å². The molecule has 0 amide bonds. The highest BCUT2D eigenvalue weighted by molar-refractivity contribution is 6.30. The Bertz CT molecular complexity index is 452. The number of nitrogens with one attached hydrogen (secondary N) is 1. The lowest BCUT2D eigenvalue weighted by Crippen LogP contribution is -2.28. The van der Waals surface area contributed by atoms with Crippen LogP contribution in [0.4, 0.5) is 5.69 Å². The van der Waals surface area contributed by atoms with E-state index in [-0.39, 0.29) is 0 Å². The average Bonchev–Trinajstić information content (AvgIpc) is 3.31. The largest absolute Gasteiger partial charge is 0.371 e. The molecule has 2 nitrogen and oxygen atoms in total. The van der Waals surface area contributed by atoms with Crippen LogP contribution in [0, 0.1) is 5.92 Å². The predicted molar refractivity (Wildman–Crippen MR) is 86.5 cm³/mol. The van der Waals surface area contributed by atoms with Crippen molar-refractivity contribution in [3.63, 3.8) is 0 Å². The molecular weight excluding hydrogens is 268 g/mol. The molecule has 0 spiro atoms. The molecule has 2 aliphatic carbocycles. The Morgan fingerprint density at radius 2 is 2.05 bits per heavy atom. The number of nitrogens with zero attached hydrogens (tertiary/aromatic N) is 1. The van der Waals surface area contributed by atoms with Crippen molar-refractivity contribution in [1.29, 1.82) is 0 Å². The third-order valence-electron chi connectivity index (χ3n) is 4.22.